The molecule has 3 aliphatic rings. The van der Waals surface area contributed by atoms with Gasteiger partial charge < -0.3 is 4.74 Å². The summed E-state index contributed by atoms with van der Waals surface area (Å²) in [6, 6.07) is 10.8. The van der Waals surface area contributed by atoms with Gasteiger partial charge in [-0.15, -0.1) is 0 Å². The van der Waals surface area contributed by atoms with Crippen molar-refractivity contribution in [3.05, 3.63) is 100 Å². The van der Waals surface area contributed by atoms with Crippen molar-refractivity contribution in [3.63, 3.8) is 0 Å². The van der Waals surface area contributed by atoms with E-state index >= 15 is 0 Å². The fourth-order valence-electron chi connectivity index (χ4n) is 8.93. The molecule has 6 rings (SSSR count). The smallest absolute Gasteiger partial charge is 0.343 e. The van der Waals surface area contributed by atoms with E-state index in [0.717, 1.165) is 62.2 Å². The summed E-state index contributed by atoms with van der Waals surface area (Å²) in [6.07, 6.45) is 19.7. The molecule has 0 saturated heterocycles. The first-order valence-corrected chi connectivity index (χ1v) is 19.2. The molecular weight excluding hydrogens is 662 g/mol. The van der Waals surface area contributed by atoms with E-state index < -0.39 is 40.9 Å². The third-order valence-electron chi connectivity index (χ3n) is 11.8. The summed E-state index contributed by atoms with van der Waals surface area (Å²) >= 11 is 0. The van der Waals surface area contributed by atoms with Crippen LogP contribution in [0.4, 0.5) is 26.3 Å². The highest BCUT2D eigenvalue weighted by Gasteiger charge is 2.32. The molecule has 3 aliphatic carbocycles. The van der Waals surface area contributed by atoms with Gasteiger partial charge in [0, 0.05) is 12.1 Å². The van der Waals surface area contributed by atoms with Crippen LogP contribution in [0.15, 0.2) is 48.5 Å². The number of hydrogen-bond donors (Lipinski definition) is 0. The maximum Gasteiger partial charge on any atom is 0.343 e. The zero-order valence-corrected chi connectivity index (χ0v) is 30.0. The lowest BCUT2D eigenvalue weighted by atomic mass is 9.68. The minimum absolute atomic E-state index is 0.183. The van der Waals surface area contributed by atoms with E-state index in [1.807, 2.05) is 12.1 Å². The predicted octanol–water partition coefficient (Wildman–Crippen LogP) is 13.4. The molecule has 0 unspecified atom stereocenters. The van der Waals surface area contributed by atoms with E-state index in [4.69, 9.17) is 4.74 Å². The molecule has 8 heteroatoms. The number of carbonyl (C=O) groups is 1. The first kappa shape index (κ1) is 38.9. The summed E-state index contributed by atoms with van der Waals surface area (Å²) < 4.78 is 84.4. The topological polar surface area (TPSA) is 26.3 Å². The normalized spacial score (nSPS) is 25.1. The van der Waals surface area contributed by atoms with Crippen LogP contribution in [0.3, 0.4) is 0 Å². The standard InChI is InChI=1S/C22H23F3O2.C21H29F3/c1-2-3-14-4-6-15(7-5-14)16-8-10-17(11-9-16)22(26)27-18-12-19(23)21(25)20(24)13-18;1-2-3-14-4-6-15(7-5-14)16-8-10-17(11-9-16)18-12-19(22)21(24)20(23)13-18/h8-15H,2-7H2,1H3;12-17H,2-11H2,1H3. The molecule has 0 amide bonds. The van der Waals surface area contributed by atoms with E-state index in [-0.39, 0.29) is 17.2 Å². The molecule has 3 saturated carbocycles. The molecule has 3 aromatic rings. The van der Waals surface area contributed by atoms with E-state index in [0.29, 0.717) is 23.6 Å². The first-order chi connectivity index (χ1) is 24.6. The van der Waals surface area contributed by atoms with Gasteiger partial charge in [0.1, 0.15) is 5.75 Å². The third kappa shape index (κ3) is 10.4. The Balaban J connectivity index is 0.000000199. The fourth-order valence-corrected chi connectivity index (χ4v) is 8.93. The quantitative estimate of drug-likeness (QED) is 0.0955. The van der Waals surface area contributed by atoms with Gasteiger partial charge in [-0.3, -0.25) is 0 Å². The number of ether oxygens (including phenoxy) is 1. The molecule has 0 heterocycles. The zero-order chi connectivity index (χ0) is 36.5. The second-order valence-electron chi connectivity index (χ2n) is 15.2. The Morgan fingerprint density at radius 1 is 0.549 bits per heavy atom. The van der Waals surface area contributed by atoms with Gasteiger partial charge in [-0.05, 0) is 135 Å². The lowest BCUT2D eigenvalue weighted by Gasteiger charge is -2.38. The monoisotopic (exact) mass is 714 g/mol. The fraction of sp³-hybridized carbons (Fsp3) is 0.558. The third-order valence-corrected chi connectivity index (χ3v) is 11.8. The summed E-state index contributed by atoms with van der Waals surface area (Å²) in [6.45, 7) is 4.49. The Hall–Kier alpha value is -3.29. The van der Waals surface area contributed by atoms with Gasteiger partial charge >= 0.3 is 5.97 Å². The van der Waals surface area contributed by atoms with Crippen molar-refractivity contribution < 1.29 is 35.9 Å². The van der Waals surface area contributed by atoms with Gasteiger partial charge in [-0.25, -0.2) is 31.1 Å². The molecule has 0 spiro atoms. The highest BCUT2D eigenvalue weighted by Crippen LogP contribution is 2.45. The maximum atomic E-state index is 13.4. The lowest BCUT2D eigenvalue weighted by Crippen LogP contribution is -2.25. The molecule has 3 aromatic carbocycles. The number of benzene rings is 3. The average Bonchev–Trinajstić information content (AvgIpc) is 3.14. The molecule has 2 nitrogen and oxygen atoms in total. The van der Waals surface area contributed by atoms with Gasteiger partial charge in [0.25, 0.3) is 0 Å². The molecule has 3 fully saturated rings. The van der Waals surface area contributed by atoms with Crippen LogP contribution in [0, 0.1) is 58.6 Å². The Labute approximate surface area is 299 Å². The van der Waals surface area contributed by atoms with Gasteiger partial charge in [0.05, 0.1) is 5.56 Å². The summed E-state index contributed by atoms with van der Waals surface area (Å²) in [5.74, 6) is -4.87. The van der Waals surface area contributed by atoms with Crippen LogP contribution >= 0.6 is 0 Å². The maximum absolute atomic E-state index is 13.4. The van der Waals surface area contributed by atoms with Crippen LogP contribution in [0.2, 0.25) is 0 Å². The van der Waals surface area contributed by atoms with E-state index in [1.54, 1.807) is 12.1 Å². The second kappa shape index (κ2) is 18.5. The van der Waals surface area contributed by atoms with Crippen molar-refractivity contribution in [2.75, 3.05) is 0 Å². The van der Waals surface area contributed by atoms with E-state index in [9.17, 15) is 31.1 Å². The van der Waals surface area contributed by atoms with Crippen LogP contribution < -0.4 is 4.74 Å². The van der Waals surface area contributed by atoms with Crippen LogP contribution in [-0.2, 0) is 0 Å². The van der Waals surface area contributed by atoms with Crippen molar-refractivity contribution in [2.24, 2.45) is 23.7 Å². The Morgan fingerprint density at radius 3 is 1.41 bits per heavy atom. The highest BCUT2D eigenvalue weighted by molar-refractivity contribution is 5.91. The number of halogens is 6. The largest absolute Gasteiger partial charge is 0.423 e. The zero-order valence-electron chi connectivity index (χ0n) is 30.0. The minimum atomic E-state index is -1.59. The predicted molar refractivity (Wildman–Crippen MR) is 189 cm³/mol. The van der Waals surface area contributed by atoms with Crippen molar-refractivity contribution in [2.45, 2.75) is 128 Å². The second-order valence-corrected chi connectivity index (χ2v) is 15.2. The Kier molecular flexibility index (Phi) is 14.1. The van der Waals surface area contributed by atoms with Crippen LogP contribution in [0.25, 0.3) is 0 Å². The van der Waals surface area contributed by atoms with Gasteiger partial charge in [0.2, 0.25) is 0 Å². The van der Waals surface area contributed by atoms with E-state index in [1.165, 1.54) is 81.9 Å². The molecule has 0 aliphatic heterocycles. The molecule has 0 radical (unpaired) electrons. The first-order valence-electron chi connectivity index (χ1n) is 19.2. The molecule has 51 heavy (non-hydrogen) atoms. The number of hydrogen-bond acceptors (Lipinski definition) is 2. The van der Waals surface area contributed by atoms with Crippen LogP contribution in [-0.4, -0.2) is 5.97 Å². The molecule has 0 aromatic heterocycles. The Bertz CT molecular complexity index is 1520. The Morgan fingerprint density at radius 2 is 0.941 bits per heavy atom. The minimum Gasteiger partial charge on any atom is -0.423 e. The molecule has 0 atom stereocenters. The molecule has 0 bridgehead atoms. The van der Waals surface area contributed by atoms with Crippen molar-refractivity contribution in [3.8, 4) is 5.75 Å². The highest BCUT2D eigenvalue weighted by atomic mass is 19.2. The van der Waals surface area contributed by atoms with Gasteiger partial charge in [-0.1, -0.05) is 64.5 Å². The lowest BCUT2D eigenvalue weighted by molar-refractivity contribution is 0.0733. The molecule has 278 valence electrons. The van der Waals surface area contributed by atoms with E-state index in [2.05, 4.69) is 13.8 Å². The summed E-state index contributed by atoms with van der Waals surface area (Å²) in [5.41, 5.74) is 2.11. The summed E-state index contributed by atoms with van der Waals surface area (Å²) in [4.78, 5) is 12.2. The average molecular weight is 715 g/mol. The molecular formula is C43H52F6O2. The van der Waals surface area contributed by atoms with Gasteiger partial charge in [0.15, 0.2) is 34.9 Å². The SMILES string of the molecule is CCCC1CCC(C2CCC(c3cc(F)c(F)c(F)c3)CC2)CC1.CCCC1CCC(c2ccc(C(=O)Oc3cc(F)c(F)c(F)c3)cc2)CC1. The summed E-state index contributed by atoms with van der Waals surface area (Å²) in [7, 11) is 0. The van der Waals surface area contributed by atoms with Crippen molar-refractivity contribution >= 4 is 5.97 Å². The number of esters is 1. The van der Waals surface area contributed by atoms with Crippen LogP contribution in [0.5, 0.6) is 5.75 Å². The van der Waals surface area contributed by atoms with Crippen LogP contribution in [0.1, 0.15) is 150 Å². The number of rotatable bonds is 9. The summed E-state index contributed by atoms with van der Waals surface area (Å²) in [5, 5.41) is 0. The van der Waals surface area contributed by atoms with Crippen molar-refractivity contribution in [1.82, 2.24) is 0 Å². The van der Waals surface area contributed by atoms with Gasteiger partial charge in [-0.2, -0.15) is 0 Å². The molecule has 0 N–H and O–H groups in total. The van der Waals surface area contributed by atoms with Crippen molar-refractivity contribution in [1.29, 1.82) is 0 Å². The number of carbonyl (C=O) groups excluding carboxylic acids is 1.